The first-order valence-electron chi connectivity index (χ1n) is 8.05. The maximum absolute atomic E-state index is 12.2. The van der Waals surface area contributed by atoms with E-state index >= 15 is 0 Å². The van der Waals surface area contributed by atoms with Crippen molar-refractivity contribution < 1.29 is 19.1 Å². The Morgan fingerprint density at radius 2 is 1.62 bits per heavy atom. The Bertz CT molecular complexity index is 822. The zero-order valence-corrected chi connectivity index (χ0v) is 17.0. The number of halogens is 1. The van der Waals surface area contributed by atoms with Gasteiger partial charge in [-0.15, -0.1) is 0 Å². The number of Topliss-reactive ketones (excluding diaryl/α,β-unsaturated/α-hetero) is 1. The predicted octanol–water partition coefficient (Wildman–Crippen LogP) is 4.32. The van der Waals surface area contributed by atoms with Crippen LogP contribution in [0.5, 0.6) is 0 Å². The van der Waals surface area contributed by atoms with E-state index in [0.717, 1.165) is 3.57 Å². The lowest BCUT2D eigenvalue weighted by atomic mass is 9.95. The average molecular weight is 465 g/mol. The van der Waals surface area contributed by atoms with Crippen LogP contribution in [0, 0.1) is 8.99 Å². The van der Waals surface area contributed by atoms with Crippen LogP contribution in [0.1, 0.15) is 41.5 Å². The monoisotopic (exact) mass is 465 g/mol. The van der Waals surface area contributed by atoms with E-state index in [1.807, 2.05) is 49.4 Å². The highest BCUT2D eigenvalue weighted by molar-refractivity contribution is 14.1. The fourth-order valence-corrected chi connectivity index (χ4v) is 2.58. The van der Waals surface area contributed by atoms with Crippen molar-refractivity contribution in [3.05, 3.63) is 63.2 Å². The number of esters is 1. The van der Waals surface area contributed by atoms with Gasteiger partial charge in [0.15, 0.2) is 12.4 Å². The number of amides is 1. The second-order valence-electron chi connectivity index (χ2n) is 6.76. The molecule has 1 amide bonds. The van der Waals surface area contributed by atoms with E-state index in [4.69, 9.17) is 4.74 Å². The fraction of sp³-hybridized carbons (Fsp3) is 0.250. The summed E-state index contributed by atoms with van der Waals surface area (Å²) in [6, 6.07) is 13.5. The molecule has 5 nitrogen and oxygen atoms in total. The second kappa shape index (κ2) is 8.44. The van der Waals surface area contributed by atoms with Gasteiger partial charge in [0, 0.05) is 20.2 Å². The molecule has 0 bridgehead atoms. The van der Waals surface area contributed by atoms with Crippen molar-refractivity contribution in [3.8, 4) is 0 Å². The van der Waals surface area contributed by atoms with Crippen LogP contribution >= 0.6 is 22.6 Å². The van der Waals surface area contributed by atoms with Crippen molar-refractivity contribution in [3.63, 3.8) is 0 Å². The number of nitrogens with one attached hydrogen (secondary N) is 1. The maximum atomic E-state index is 12.2. The average Bonchev–Trinajstić information content (AvgIpc) is 2.59. The third-order valence-corrected chi connectivity index (χ3v) is 4.51. The lowest BCUT2D eigenvalue weighted by Gasteiger charge is -2.17. The SMILES string of the molecule is CC(C)(C)C(=O)Nc1ccc(C(=O)COC(=O)c2ccccc2I)cc1. The van der Waals surface area contributed by atoms with Gasteiger partial charge in [-0.2, -0.15) is 0 Å². The van der Waals surface area contributed by atoms with E-state index in [-0.39, 0.29) is 18.3 Å². The van der Waals surface area contributed by atoms with Crippen LogP contribution in [0.25, 0.3) is 0 Å². The molecule has 1 N–H and O–H groups in total. The zero-order chi connectivity index (χ0) is 19.3. The second-order valence-corrected chi connectivity index (χ2v) is 7.92. The minimum Gasteiger partial charge on any atom is -0.454 e. The molecular formula is C20H20INO4. The Balaban J connectivity index is 1.95. The van der Waals surface area contributed by atoms with Gasteiger partial charge in [0.25, 0.3) is 0 Å². The Kier molecular flexibility index (Phi) is 6.52. The van der Waals surface area contributed by atoms with Crippen LogP contribution in [0.4, 0.5) is 5.69 Å². The molecule has 0 aromatic heterocycles. The largest absolute Gasteiger partial charge is 0.454 e. The summed E-state index contributed by atoms with van der Waals surface area (Å²) in [6.45, 7) is 5.13. The van der Waals surface area contributed by atoms with Gasteiger partial charge in [-0.3, -0.25) is 9.59 Å². The van der Waals surface area contributed by atoms with Gasteiger partial charge in [0.2, 0.25) is 5.91 Å². The third kappa shape index (κ3) is 5.39. The molecule has 136 valence electrons. The molecule has 2 aromatic rings. The molecule has 0 unspecified atom stereocenters. The highest BCUT2D eigenvalue weighted by Gasteiger charge is 2.21. The van der Waals surface area contributed by atoms with Gasteiger partial charge in [0.1, 0.15) is 0 Å². The molecule has 0 saturated carbocycles. The normalized spacial score (nSPS) is 10.9. The van der Waals surface area contributed by atoms with E-state index in [1.165, 1.54) is 0 Å². The molecule has 0 radical (unpaired) electrons. The van der Waals surface area contributed by atoms with E-state index in [2.05, 4.69) is 5.32 Å². The lowest BCUT2D eigenvalue weighted by Crippen LogP contribution is -2.27. The number of hydrogen-bond donors (Lipinski definition) is 1. The topological polar surface area (TPSA) is 72.5 Å². The van der Waals surface area contributed by atoms with E-state index in [0.29, 0.717) is 16.8 Å². The molecule has 0 aliphatic heterocycles. The summed E-state index contributed by atoms with van der Waals surface area (Å²) in [5.74, 6) is -0.946. The summed E-state index contributed by atoms with van der Waals surface area (Å²) in [4.78, 5) is 36.2. The highest BCUT2D eigenvalue weighted by Crippen LogP contribution is 2.18. The maximum Gasteiger partial charge on any atom is 0.339 e. The molecule has 0 spiro atoms. The van der Waals surface area contributed by atoms with Gasteiger partial charge in [-0.1, -0.05) is 32.9 Å². The van der Waals surface area contributed by atoms with Gasteiger partial charge >= 0.3 is 5.97 Å². The minimum absolute atomic E-state index is 0.108. The van der Waals surface area contributed by atoms with Gasteiger partial charge in [0.05, 0.1) is 5.56 Å². The summed E-state index contributed by atoms with van der Waals surface area (Å²) in [6.07, 6.45) is 0. The Labute approximate surface area is 166 Å². The van der Waals surface area contributed by atoms with Crippen molar-refractivity contribution in [2.75, 3.05) is 11.9 Å². The molecule has 0 fully saturated rings. The van der Waals surface area contributed by atoms with Crippen molar-refractivity contribution in [1.82, 2.24) is 0 Å². The van der Waals surface area contributed by atoms with Crippen LogP contribution < -0.4 is 5.32 Å². The molecule has 2 rings (SSSR count). The number of ether oxygens (including phenoxy) is 1. The van der Waals surface area contributed by atoms with E-state index < -0.39 is 11.4 Å². The van der Waals surface area contributed by atoms with Crippen LogP contribution in [0.15, 0.2) is 48.5 Å². The predicted molar refractivity (Wildman–Crippen MR) is 108 cm³/mol. The quantitative estimate of drug-likeness (QED) is 0.406. The van der Waals surface area contributed by atoms with E-state index in [1.54, 1.807) is 42.5 Å². The van der Waals surface area contributed by atoms with Gasteiger partial charge in [-0.25, -0.2) is 4.79 Å². The first-order valence-corrected chi connectivity index (χ1v) is 9.13. The molecule has 0 aliphatic carbocycles. The van der Waals surface area contributed by atoms with Gasteiger partial charge in [-0.05, 0) is 59.0 Å². The number of hydrogen-bond acceptors (Lipinski definition) is 4. The summed E-state index contributed by atoms with van der Waals surface area (Å²) >= 11 is 2.04. The Hall–Kier alpha value is -2.22. The summed E-state index contributed by atoms with van der Waals surface area (Å²) in [5.41, 5.74) is 0.949. The zero-order valence-electron chi connectivity index (χ0n) is 14.8. The van der Waals surface area contributed by atoms with Crippen molar-refractivity contribution >= 4 is 45.9 Å². The van der Waals surface area contributed by atoms with Crippen LogP contribution in [0.2, 0.25) is 0 Å². The molecule has 26 heavy (non-hydrogen) atoms. The van der Waals surface area contributed by atoms with Crippen LogP contribution in [0.3, 0.4) is 0 Å². The molecule has 2 aromatic carbocycles. The lowest BCUT2D eigenvalue weighted by molar-refractivity contribution is -0.123. The summed E-state index contributed by atoms with van der Waals surface area (Å²) in [5, 5.41) is 2.79. The minimum atomic E-state index is -0.530. The Morgan fingerprint density at radius 3 is 2.19 bits per heavy atom. The number of ketones is 1. The van der Waals surface area contributed by atoms with Crippen molar-refractivity contribution in [2.24, 2.45) is 5.41 Å². The molecule has 0 aliphatic rings. The van der Waals surface area contributed by atoms with E-state index in [9.17, 15) is 14.4 Å². The molecule has 0 heterocycles. The number of carbonyl (C=O) groups excluding carboxylic acids is 3. The highest BCUT2D eigenvalue weighted by atomic mass is 127. The third-order valence-electron chi connectivity index (χ3n) is 3.57. The summed E-state index contributed by atoms with van der Waals surface area (Å²) in [7, 11) is 0. The Morgan fingerprint density at radius 1 is 1.00 bits per heavy atom. The summed E-state index contributed by atoms with van der Waals surface area (Å²) < 4.78 is 5.87. The fourth-order valence-electron chi connectivity index (χ4n) is 1.98. The number of benzene rings is 2. The number of rotatable bonds is 5. The number of anilines is 1. The number of carbonyl (C=O) groups is 3. The first-order chi connectivity index (χ1) is 12.2. The van der Waals surface area contributed by atoms with Crippen LogP contribution in [-0.4, -0.2) is 24.3 Å². The standard InChI is InChI=1S/C20H20INO4/c1-20(2,3)19(25)22-14-10-8-13(9-11-14)17(23)12-26-18(24)15-6-4-5-7-16(15)21/h4-11H,12H2,1-3H3,(H,22,25). The molecular weight excluding hydrogens is 445 g/mol. The molecule has 0 atom stereocenters. The van der Waals surface area contributed by atoms with Crippen molar-refractivity contribution in [2.45, 2.75) is 20.8 Å². The van der Waals surface area contributed by atoms with Crippen molar-refractivity contribution in [1.29, 1.82) is 0 Å². The molecule has 0 saturated heterocycles. The molecule has 6 heteroatoms. The van der Waals surface area contributed by atoms with Gasteiger partial charge < -0.3 is 10.1 Å². The van der Waals surface area contributed by atoms with Crippen LogP contribution in [-0.2, 0) is 9.53 Å². The smallest absolute Gasteiger partial charge is 0.339 e. The first kappa shape index (κ1) is 20.1.